The van der Waals surface area contributed by atoms with Gasteiger partial charge in [-0.05, 0) is 74.6 Å². The number of nitrogens with zero attached hydrogens (tertiary/aromatic N) is 4. The molecule has 2 aliphatic heterocycles. The van der Waals surface area contributed by atoms with Gasteiger partial charge in [-0.25, -0.2) is 8.42 Å². The van der Waals surface area contributed by atoms with E-state index in [-0.39, 0.29) is 0 Å². The van der Waals surface area contributed by atoms with E-state index < -0.39 is 10.0 Å². The summed E-state index contributed by atoms with van der Waals surface area (Å²) < 4.78 is 36.2. The molecule has 2 saturated heterocycles. The Morgan fingerprint density at radius 2 is 1.58 bits per heavy atom. The topological polar surface area (TPSA) is 67.1 Å². The summed E-state index contributed by atoms with van der Waals surface area (Å²) in [7, 11) is -3.61. The largest absolute Gasteiger partial charge is 0.379 e. The normalized spacial score (nSPS) is 17.2. The first kappa shape index (κ1) is 26.7. The number of aryl methyl sites for hydroxylation is 1. The van der Waals surface area contributed by atoms with Crippen molar-refractivity contribution in [2.75, 3.05) is 44.3 Å². The van der Waals surface area contributed by atoms with E-state index in [1.54, 1.807) is 6.07 Å². The minimum atomic E-state index is -3.61. The number of morpholine rings is 1. The van der Waals surface area contributed by atoms with Gasteiger partial charge in [-0.15, -0.1) is 0 Å². The second-order valence-corrected chi connectivity index (χ2v) is 12.5. The van der Waals surface area contributed by atoms with Crippen LogP contribution >= 0.6 is 0 Å². The SMILES string of the molecule is Cc1cc(C=Nc2ccc(C(C)C)cc2)c(C)n1-c1cc(S(=O)(=O)N2CCOCC2)ccc1N1CCCC1. The number of hydrogen-bond acceptors (Lipinski definition) is 5. The van der Waals surface area contributed by atoms with E-state index in [0.29, 0.717) is 37.1 Å². The number of rotatable bonds is 7. The number of aromatic nitrogens is 1. The van der Waals surface area contributed by atoms with Crippen LogP contribution in [-0.4, -0.2) is 62.9 Å². The monoisotopic (exact) mass is 534 g/mol. The Bertz CT molecular complexity index is 1410. The Hall–Kier alpha value is -2.94. The molecule has 0 unspecified atom stereocenters. The lowest BCUT2D eigenvalue weighted by Crippen LogP contribution is -2.40. The second-order valence-electron chi connectivity index (χ2n) is 10.5. The van der Waals surface area contributed by atoms with Crippen LogP contribution in [-0.2, 0) is 14.8 Å². The first-order chi connectivity index (χ1) is 18.3. The molecule has 2 fully saturated rings. The van der Waals surface area contributed by atoms with E-state index in [2.05, 4.69) is 67.5 Å². The van der Waals surface area contributed by atoms with Gasteiger partial charge in [0.2, 0.25) is 10.0 Å². The molecule has 8 heteroatoms. The van der Waals surface area contributed by atoms with Crippen molar-refractivity contribution in [3.8, 4) is 5.69 Å². The summed E-state index contributed by atoms with van der Waals surface area (Å²) >= 11 is 0. The standard InChI is InChI=1S/C30H38N4O3S/c1-22(2)25-7-9-27(10-8-25)31-21-26-19-23(3)34(24(26)4)30-20-28(11-12-29(30)32-13-5-6-14-32)38(35,36)33-15-17-37-18-16-33/h7-12,19-22H,5-6,13-18H2,1-4H3. The van der Waals surface area contributed by atoms with Crippen LogP contribution in [0, 0.1) is 13.8 Å². The van der Waals surface area contributed by atoms with E-state index in [1.807, 2.05) is 18.3 Å². The Morgan fingerprint density at radius 3 is 2.24 bits per heavy atom. The molecule has 0 spiro atoms. The van der Waals surface area contributed by atoms with E-state index in [0.717, 1.165) is 59.9 Å². The number of ether oxygens (including phenoxy) is 1. The van der Waals surface area contributed by atoms with Crippen LogP contribution in [0.2, 0.25) is 0 Å². The van der Waals surface area contributed by atoms with Crippen LogP contribution in [0.25, 0.3) is 5.69 Å². The Kier molecular flexibility index (Phi) is 7.75. The summed E-state index contributed by atoms with van der Waals surface area (Å²) in [5.41, 5.74) is 7.27. The molecule has 0 saturated carbocycles. The van der Waals surface area contributed by atoms with Gasteiger partial charge in [-0.2, -0.15) is 4.31 Å². The summed E-state index contributed by atoms with van der Waals surface area (Å²) in [6, 6.07) is 16.1. The van der Waals surface area contributed by atoms with E-state index in [1.165, 1.54) is 9.87 Å². The number of benzene rings is 2. The molecule has 3 aromatic rings. The van der Waals surface area contributed by atoms with Crippen LogP contribution in [0.1, 0.15) is 55.1 Å². The molecule has 202 valence electrons. The third-order valence-corrected chi connectivity index (χ3v) is 9.52. The fraction of sp³-hybridized carbons (Fsp3) is 0.433. The number of hydrogen-bond donors (Lipinski definition) is 0. The molecule has 0 atom stereocenters. The first-order valence-electron chi connectivity index (χ1n) is 13.6. The van der Waals surface area contributed by atoms with E-state index in [9.17, 15) is 8.42 Å². The summed E-state index contributed by atoms with van der Waals surface area (Å²) in [5, 5.41) is 0. The van der Waals surface area contributed by atoms with Gasteiger partial charge in [-0.3, -0.25) is 4.99 Å². The molecular weight excluding hydrogens is 496 g/mol. The molecule has 38 heavy (non-hydrogen) atoms. The van der Waals surface area contributed by atoms with Gasteiger partial charge in [0.05, 0.1) is 35.2 Å². The smallest absolute Gasteiger partial charge is 0.243 e. The van der Waals surface area contributed by atoms with Gasteiger partial charge in [0, 0.05) is 49.3 Å². The van der Waals surface area contributed by atoms with Crippen LogP contribution in [0.15, 0.2) is 58.4 Å². The number of anilines is 1. The molecule has 3 heterocycles. The highest BCUT2D eigenvalue weighted by Gasteiger charge is 2.28. The molecule has 0 aliphatic carbocycles. The van der Waals surface area contributed by atoms with Crippen molar-refractivity contribution in [2.45, 2.75) is 51.3 Å². The second kappa shape index (κ2) is 11.0. The van der Waals surface area contributed by atoms with Gasteiger partial charge in [0.15, 0.2) is 0 Å². The van der Waals surface area contributed by atoms with Gasteiger partial charge in [-0.1, -0.05) is 26.0 Å². The number of aliphatic imine (C=N–C) groups is 1. The molecular formula is C30H38N4O3S. The molecule has 0 bridgehead atoms. The maximum Gasteiger partial charge on any atom is 0.243 e. The summed E-state index contributed by atoms with van der Waals surface area (Å²) in [4.78, 5) is 7.43. The van der Waals surface area contributed by atoms with Crippen LogP contribution in [0.5, 0.6) is 0 Å². The maximum absolute atomic E-state index is 13.5. The van der Waals surface area contributed by atoms with Crippen LogP contribution in [0.4, 0.5) is 11.4 Å². The lowest BCUT2D eigenvalue weighted by atomic mass is 10.0. The third kappa shape index (κ3) is 5.30. The number of sulfonamides is 1. The van der Waals surface area contributed by atoms with Gasteiger partial charge < -0.3 is 14.2 Å². The van der Waals surface area contributed by atoms with Crippen molar-refractivity contribution in [2.24, 2.45) is 4.99 Å². The molecule has 0 amide bonds. The average molecular weight is 535 g/mol. The lowest BCUT2D eigenvalue weighted by Gasteiger charge is -2.28. The molecule has 0 radical (unpaired) electrons. The van der Waals surface area contributed by atoms with Crippen molar-refractivity contribution in [3.63, 3.8) is 0 Å². The minimum absolute atomic E-state index is 0.324. The average Bonchev–Trinajstić information content (AvgIpc) is 3.55. The zero-order chi connectivity index (χ0) is 26.9. The predicted octanol–water partition coefficient (Wildman–Crippen LogP) is 5.59. The lowest BCUT2D eigenvalue weighted by molar-refractivity contribution is 0.0730. The van der Waals surface area contributed by atoms with Gasteiger partial charge in [0.25, 0.3) is 0 Å². The summed E-state index contributed by atoms with van der Waals surface area (Å²) in [6.07, 6.45) is 4.20. The van der Waals surface area contributed by atoms with Crippen molar-refractivity contribution in [1.29, 1.82) is 0 Å². The predicted molar refractivity (Wildman–Crippen MR) is 154 cm³/mol. The third-order valence-electron chi connectivity index (χ3n) is 7.63. The summed E-state index contributed by atoms with van der Waals surface area (Å²) in [5.74, 6) is 0.486. The Labute approximate surface area is 226 Å². The van der Waals surface area contributed by atoms with Gasteiger partial charge in [0.1, 0.15) is 0 Å². The molecule has 1 aromatic heterocycles. The fourth-order valence-electron chi connectivity index (χ4n) is 5.38. The zero-order valence-corrected chi connectivity index (χ0v) is 23.7. The van der Waals surface area contributed by atoms with E-state index in [4.69, 9.17) is 9.73 Å². The molecule has 5 rings (SSSR count). The highest BCUT2D eigenvalue weighted by atomic mass is 32.2. The fourth-order valence-corrected chi connectivity index (χ4v) is 6.81. The van der Waals surface area contributed by atoms with Crippen molar-refractivity contribution in [1.82, 2.24) is 8.87 Å². The molecule has 0 N–H and O–H groups in total. The maximum atomic E-state index is 13.5. The van der Waals surface area contributed by atoms with Crippen LogP contribution < -0.4 is 4.90 Å². The van der Waals surface area contributed by atoms with Crippen LogP contribution in [0.3, 0.4) is 0 Å². The Morgan fingerprint density at radius 1 is 0.895 bits per heavy atom. The summed E-state index contributed by atoms with van der Waals surface area (Å²) in [6.45, 7) is 12.1. The molecule has 2 aliphatic rings. The van der Waals surface area contributed by atoms with Crippen molar-refractivity contribution < 1.29 is 13.2 Å². The van der Waals surface area contributed by atoms with E-state index >= 15 is 0 Å². The molecule has 2 aromatic carbocycles. The minimum Gasteiger partial charge on any atom is -0.379 e. The van der Waals surface area contributed by atoms with Crippen molar-refractivity contribution >= 4 is 27.6 Å². The quantitative estimate of drug-likeness (QED) is 0.371. The molecule has 7 nitrogen and oxygen atoms in total. The Balaban J connectivity index is 1.54. The van der Waals surface area contributed by atoms with Crippen molar-refractivity contribution in [3.05, 3.63) is 71.0 Å². The highest BCUT2D eigenvalue weighted by molar-refractivity contribution is 7.89. The first-order valence-corrected chi connectivity index (χ1v) is 15.0. The highest BCUT2D eigenvalue weighted by Crippen LogP contribution is 2.34. The van der Waals surface area contributed by atoms with Gasteiger partial charge >= 0.3 is 0 Å². The zero-order valence-electron chi connectivity index (χ0n) is 22.9.